The molecule has 0 aliphatic carbocycles. The molecule has 1 aliphatic rings. The molecule has 0 saturated heterocycles. The van der Waals surface area contributed by atoms with Crippen LogP contribution in [0.4, 0.5) is 5.69 Å². The van der Waals surface area contributed by atoms with E-state index in [1.807, 2.05) is 30.3 Å². The van der Waals surface area contributed by atoms with Crippen molar-refractivity contribution in [3.05, 3.63) is 95.0 Å². The van der Waals surface area contributed by atoms with E-state index in [9.17, 15) is 4.79 Å². The van der Waals surface area contributed by atoms with Gasteiger partial charge in [0, 0.05) is 35.2 Å². The summed E-state index contributed by atoms with van der Waals surface area (Å²) in [6, 6.07) is 26.6. The van der Waals surface area contributed by atoms with Crippen LogP contribution in [0.15, 0.2) is 88.8 Å². The van der Waals surface area contributed by atoms with E-state index in [4.69, 9.17) is 5.73 Å². The minimum Gasteiger partial charge on any atom is -0.366 e. The number of hydrogen-bond acceptors (Lipinski definition) is 3. The molecular weight excluding hydrogens is 402 g/mol. The molecule has 0 bridgehead atoms. The van der Waals surface area contributed by atoms with Crippen LogP contribution in [0.1, 0.15) is 15.9 Å². The molecule has 0 fully saturated rings. The van der Waals surface area contributed by atoms with Gasteiger partial charge in [-0.05, 0) is 48.0 Å². The first kappa shape index (κ1) is 19.4. The number of fused-ring (bicyclic) bond motifs is 2. The summed E-state index contributed by atoms with van der Waals surface area (Å²) in [6.45, 7) is 0. The topological polar surface area (TPSA) is 50.2 Å². The van der Waals surface area contributed by atoms with Crippen LogP contribution < -0.4 is 15.2 Å². The molecule has 2 heterocycles. The average molecular weight is 425 g/mol. The lowest BCUT2D eigenvalue weighted by Crippen LogP contribution is -2.32. The van der Waals surface area contributed by atoms with Crippen molar-refractivity contribution >= 4 is 40.3 Å². The van der Waals surface area contributed by atoms with Crippen molar-refractivity contribution in [2.24, 2.45) is 12.8 Å². The Morgan fingerprint density at radius 1 is 1.00 bits per heavy atom. The smallest absolute Gasteiger partial charge is 0.248 e. The van der Waals surface area contributed by atoms with E-state index in [2.05, 4.69) is 72.1 Å². The quantitative estimate of drug-likeness (QED) is 0.473. The van der Waals surface area contributed by atoms with E-state index in [1.165, 1.54) is 10.6 Å². The van der Waals surface area contributed by atoms with Gasteiger partial charge in [-0.15, -0.1) is 0 Å². The number of nitrogens with two attached hydrogens (primary N) is 1. The minimum atomic E-state index is -0.421. The molecule has 0 atom stereocenters. The third-order valence-corrected chi connectivity index (χ3v) is 6.89. The number of thioether (sulfide) groups is 1. The molecule has 0 spiro atoms. The van der Waals surface area contributed by atoms with Gasteiger partial charge in [0.15, 0.2) is 0 Å². The Balaban J connectivity index is 1.75. The van der Waals surface area contributed by atoms with Crippen LogP contribution in [0.3, 0.4) is 0 Å². The van der Waals surface area contributed by atoms with Crippen molar-refractivity contribution in [2.45, 2.75) is 4.90 Å². The van der Waals surface area contributed by atoms with Gasteiger partial charge in [0.1, 0.15) is 7.05 Å². The van der Waals surface area contributed by atoms with Gasteiger partial charge >= 0.3 is 0 Å². The molecule has 4 aromatic rings. The van der Waals surface area contributed by atoms with Crippen LogP contribution in [-0.4, -0.2) is 13.0 Å². The van der Waals surface area contributed by atoms with Gasteiger partial charge in [-0.1, -0.05) is 42.1 Å². The van der Waals surface area contributed by atoms with Gasteiger partial charge < -0.3 is 10.6 Å². The highest BCUT2D eigenvalue weighted by Crippen LogP contribution is 2.45. The first-order valence-corrected chi connectivity index (χ1v) is 10.9. The predicted molar refractivity (Wildman–Crippen MR) is 128 cm³/mol. The normalized spacial score (nSPS) is 14.3. The van der Waals surface area contributed by atoms with Gasteiger partial charge in [0.2, 0.25) is 17.1 Å². The maximum atomic E-state index is 11.9. The summed E-state index contributed by atoms with van der Waals surface area (Å²) in [7, 11) is 4.14. The Kier molecular flexibility index (Phi) is 4.75. The highest BCUT2D eigenvalue weighted by atomic mass is 32.2. The van der Waals surface area contributed by atoms with Crippen molar-refractivity contribution in [3.63, 3.8) is 0 Å². The molecule has 0 saturated carbocycles. The Bertz CT molecular complexity index is 1360. The first-order valence-electron chi connectivity index (χ1n) is 10.1. The highest BCUT2D eigenvalue weighted by Gasteiger charge is 2.23. The summed E-state index contributed by atoms with van der Waals surface area (Å²) in [5, 5.41) is 2.13. The molecule has 5 rings (SSSR count). The number of aromatic nitrogens is 1. The van der Waals surface area contributed by atoms with E-state index in [-0.39, 0.29) is 0 Å². The Labute approximate surface area is 185 Å². The lowest BCUT2D eigenvalue weighted by molar-refractivity contribution is -0.633. The molecule has 0 radical (unpaired) electrons. The number of benzene rings is 3. The molecule has 1 aromatic heterocycles. The minimum absolute atomic E-state index is 0.421. The van der Waals surface area contributed by atoms with Crippen molar-refractivity contribution in [1.82, 2.24) is 0 Å². The summed E-state index contributed by atoms with van der Waals surface area (Å²) in [5.41, 5.74) is 11.6. The van der Waals surface area contributed by atoms with Crippen LogP contribution in [-0.2, 0) is 7.05 Å². The second-order valence-electron chi connectivity index (χ2n) is 7.62. The molecule has 4 nitrogen and oxygen atoms in total. The number of anilines is 1. The highest BCUT2D eigenvalue weighted by molar-refractivity contribution is 8.03. The standard InChI is InChI=1S/C26H21N3OS/c1-28-21-13-12-18(26(27)30)14-20(21)19(15-23(28)17-8-4-3-5-9-17)16-25-29(2)22-10-6-7-11-24(22)31-25/h3-16H,1-2H3,(H-,27,30)/p+1. The van der Waals surface area contributed by atoms with Crippen molar-refractivity contribution < 1.29 is 9.36 Å². The molecule has 3 aromatic carbocycles. The molecule has 5 heteroatoms. The number of primary amides is 1. The lowest BCUT2D eigenvalue weighted by Gasteiger charge is -2.14. The van der Waals surface area contributed by atoms with E-state index in [0.29, 0.717) is 5.56 Å². The molecule has 31 heavy (non-hydrogen) atoms. The second kappa shape index (κ2) is 7.60. The van der Waals surface area contributed by atoms with Crippen LogP contribution in [0.25, 0.3) is 28.2 Å². The van der Waals surface area contributed by atoms with Gasteiger partial charge in [-0.3, -0.25) is 4.79 Å². The number of nitrogens with zero attached hydrogens (tertiary/aromatic N) is 2. The summed E-state index contributed by atoms with van der Waals surface area (Å²) >= 11 is 1.75. The Morgan fingerprint density at radius 3 is 2.48 bits per heavy atom. The molecular formula is C26H22N3OS+. The van der Waals surface area contributed by atoms with Gasteiger partial charge in [-0.2, -0.15) is 4.57 Å². The van der Waals surface area contributed by atoms with E-state index >= 15 is 0 Å². The monoisotopic (exact) mass is 424 g/mol. The second-order valence-corrected chi connectivity index (χ2v) is 8.68. The summed E-state index contributed by atoms with van der Waals surface area (Å²) < 4.78 is 2.16. The zero-order valence-corrected chi connectivity index (χ0v) is 18.2. The number of carbonyl (C=O) groups is 1. The summed E-state index contributed by atoms with van der Waals surface area (Å²) in [5.74, 6) is -0.421. The average Bonchev–Trinajstić information content (AvgIpc) is 3.11. The fourth-order valence-corrected chi connectivity index (χ4v) is 5.15. The third-order valence-electron chi connectivity index (χ3n) is 5.73. The maximum Gasteiger partial charge on any atom is 0.248 e. The van der Waals surface area contributed by atoms with E-state index in [0.717, 1.165) is 32.8 Å². The molecule has 1 amide bonds. The van der Waals surface area contributed by atoms with Crippen LogP contribution in [0.2, 0.25) is 0 Å². The van der Waals surface area contributed by atoms with Crippen LogP contribution >= 0.6 is 11.8 Å². The molecule has 0 unspecified atom stereocenters. The Morgan fingerprint density at radius 2 is 1.74 bits per heavy atom. The lowest BCUT2D eigenvalue weighted by atomic mass is 10.0. The SMILES string of the molecule is CN1/C(=C\c2cc(-c3ccccc3)[n+](C)c3ccc(C(N)=O)cc23)Sc2ccccc21. The van der Waals surface area contributed by atoms with E-state index < -0.39 is 5.91 Å². The number of para-hydroxylation sites is 1. The van der Waals surface area contributed by atoms with Gasteiger partial charge in [0.05, 0.1) is 16.1 Å². The molecule has 152 valence electrons. The number of hydrogen-bond donors (Lipinski definition) is 1. The van der Waals surface area contributed by atoms with Crippen LogP contribution in [0, 0.1) is 0 Å². The molecule has 1 aliphatic heterocycles. The van der Waals surface area contributed by atoms with Crippen LogP contribution in [0.5, 0.6) is 0 Å². The third kappa shape index (κ3) is 3.37. The fraction of sp³-hybridized carbons (Fsp3) is 0.0769. The number of pyridine rings is 1. The number of amides is 1. The first-order chi connectivity index (χ1) is 15.0. The number of aryl methyl sites for hydroxylation is 1. The van der Waals surface area contributed by atoms with Crippen molar-refractivity contribution in [2.75, 3.05) is 11.9 Å². The maximum absolute atomic E-state index is 11.9. The largest absolute Gasteiger partial charge is 0.366 e. The molecule has 2 N–H and O–H groups in total. The zero-order chi connectivity index (χ0) is 21.5. The zero-order valence-electron chi connectivity index (χ0n) is 17.4. The van der Waals surface area contributed by atoms with Gasteiger partial charge in [0.25, 0.3) is 0 Å². The summed E-state index contributed by atoms with van der Waals surface area (Å²) in [6.07, 6.45) is 2.20. The predicted octanol–water partition coefficient (Wildman–Crippen LogP) is 4.97. The van der Waals surface area contributed by atoms with E-state index in [1.54, 1.807) is 17.8 Å². The van der Waals surface area contributed by atoms with Gasteiger partial charge in [-0.25, -0.2) is 0 Å². The Hall–Kier alpha value is -3.57. The number of carbonyl (C=O) groups excluding carboxylic acids is 1. The number of rotatable bonds is 3. The summed E-state index contributed by atoms with van der Waals surface area (Å²) in [4.78, 5) is 15.3. The van der Waals surface area contributed by atoms with Crippen molar-refractivity contribution in [1.29, 1.82) is 0 Å². The van der Waals surface area contributed by atoms with Crippen molar-refractivity contribution in [3.8, 4) is 11.3 Å². The fourth-order valence-electron chi connectivity index (χ4n) is 4.05.